The first-order chi connectivity index (χ1) is 11.1. The Balaban J connectivity index is 1.91. The summed E-state index contributed by atoms with van der Waals surface area (Å²) in [4.78, 5) is 35.8. The summed E-state index contributed by atoms with van der Waals surface area (Å²) >= 11 is 1.41. The van der Waals surface area contributed by atoms with E-state index >= 15 is 0 Å². The van der Waals surface area contributed by atoms with Crippen LogP contribution in [0.1, 0.15) is 43.0 Å². The summed E-state index contributed by atoms with van der Waals surface area (Å²) in [5.74, 6) is -0.700. The number of carbonyl (C=O) groups excluding carboxylic acids is 3. The molecule has 1 amide bonds. The average molecular weight is 329 g/mol. The number of Topliss-reactive ketones (excluding diaryl/α,β-unsaturated/α-hetero) is 1. The van der Waals surface area contributed by atoms with E-state index in [1.54, 1.807) is 0 Å². The summed E-state index contributed by atoms with van der Waals surface area (Å²) < 4.78 is 0.976. The first kappa shape index (κ1) is 15.9. The second-order valence-corrected chi connectivity index (χ2v) is 7.09. The van der Waals surface area contributed by atoms with Crippen LogP contribution in [0.25, 0.3) is 10.1 Å². The number of amides is 1. The van der Waals surface area contributed by atoms with Gasteiger partial charge in [0, 0.05) is 21.9 Å². The highest BCUT2D eigenvalue weighted by Gasteiger charge is 2.31. The van der Waals surface area contributed by atoms with Gasteiger partial charge in [0.05, 0.1) is 5.56 Å². The molecule has 0 bridgehead atoms. The molecule has 1 fully saturated rings. The summed E-state index contributed by atoms with van der Waals surface area (Å²) in [6, 6.07) is 7.64. The van der Waals surface area contributed by atoms with Crippen LogP contribution in [0.15, 0.2) is 24.3 Å². The maximum absolute atomic E-state index is 12.6. The van der Waals surface area contributed by atoms with Crippen molar-refractivity contribution in [2.24, 2.45) is 11.8 Å². The SMILES string of the molecule is CC(=O)c1c(NC(=O)C2CCCCC2C=O)sc2ccccc12. The van der Waals surface area contributed by atoms with Crippen LogP contribution in [0.3, 0.4) is 0 Å². The third kappa shape index (κ3) is 3.06. The van der Waals surface area contributed by atoms with Gasteiger partial charge < -0.3 is 10.1 Å². The molecular formula is C18H19NO3S. The summed E-state index contributed by atoms with van der Waals surface area (Å²) in [6.07, 6.45) is 4.37. The van der Waals surface area contributed by atoms with Crippen LogP contribution in [0.5, 0.6) is 0 Å². The maximum atomic E-state index is 12.6. The highest BCUT2D eigenvalue weighted by molar-refractivity contribution is 7.23. The van der Waals surface area contributed by atoms with Crippen molar-refractivity contribution in [3.63, 3.8) is 0 Å². The molecule has 1 N–H and O–H groups in total. The smallest absolute Gasteiger partial charge is 0.228 e. The molecule has 120 valence electrons. The van der Waals surface area contributed by atoms with Gasteiger partial charge in [-0.15, -0.1) is 11.3 Å². The van der Waals surface area contributed by atoms with Crippen molar-refractivity contribution in [2.45, 2.75) is 32.6 Å². The van der Waals surface area contributed by atoms with E-state index in [-0.39, 0.29) is 23.5 Å². The molecule has 1 aromatic heterocycles. The third-order valence-electron chi connectivity index (χ3n) is 4.52. The predicted octanol–water partition coefficient (Wildman–Crippen LogP) is 4.05. The van der Waals surface area contributed by atoms with Crippen LogP contribution < -0.4 is 5.32 Å². The molecule has 0 radical (unpaired) electrons. The van der Waals surface area contributed by atoms with E-state index in [1.807, 2.05) is 24.3 Å². The van der Waals surface area contributed by atoms with E-state index in [1.165, 1.54) is 18.3 Å². The van der Waals surface area contributed by atoms with Crippen LogP contribution in [0.2, 0.25) is 0 Å². The zero-order chi connectivity index (χ0) is 16.4. The number of rotatable bonds is 4. The molecule has 1 saturated carbocycles. The van der Waals surface area contributed by atoms with Crippen LogP contribution >= 0.6 is 11.3 Å². The Morgan fingerprint density at radius 2 is 1.96 bits per heavy atom. The number of fused-ring (bicyclic) bond motifs is 1. The minimum Gasteiger partial charge on any atom is -0.317 e. The lowest BCUT2D eigenvalue weighted by atomic mass is 9.79. The number of ketones is 1. The summed E-state index contributed by atoms with van der Waals surface area (Å²) in [6.45, 7) is 1.51. The fraction of sp³-hybridized carbons (Fsp3) is 0.389. The molecule has 2 aromatic rings. The Hall–Kier alpha value is -2.01. The topological polar surface area (TPSA) is 63.2 Å². The molecule has 2 unspecified atom stereocenters. The van der Waals surface area contributed by atoms with E-state index < -0.39 is 0 Å². The molecule has 1 aliphatic carbocycles. The molecule has 5 heteroatoms. The minimum absolute atomic E-state index is 0.0617. The summed E-state index contributed by atoms with van der Waals surface area (Å²) in [5, 5.41) is 4.38. The quantitative estimate of drug-likeness (QED) is 0.680. The van der Waals surface area contributed by atoms with Crippen molar-refractivity contribution in [1.82, 2.24) is 0 Å². The van der Waals surface area contributed by atoms with Crippen molar-refractivity contribution in [1.29, 1.82) is 0 Å². The van der Waals surface area contributed by atoms with Crippen LogP contribution in [0.4, 0.5) is 5.00 Å². The Morgan fingerprint density at radius 1 is 1.22 bits per heavy atom. The average Bonchev–Trinajstić information content (AvgIpc) is 2.92. The highest BCUT2D eigenvalue weighted by Crippen LogP contribution is 2.37. The van der Waals surface area contributed by atoms with Crippen molar-refractivity contribution >= 4 is 44.4 Å². The molecule has 1 aromatic carbocycles. The Labute approximate surface area is 138 Å². The first-order valence-electron chi connectivity index (χ1n) is 7.90. The van der Waals surface area contributed by atoms with E-state index in [9.17, 15) is 14.4 Å². The van der Waals surface area contributed by atoms with Gasteiger partial charge in [-0.1, -0.05) is 31.0 Å². The lowest BCUT2D eigenvalue weighted by Gasteiger charge is -2.26. The zero-order valence-corrected chi connectivity index (χ0v) is 13.8. The molecule has 1 heterocycles. The fourth-order valence-corrected chi connectivity index (χ4v) is 4.49. The fourth-order valence-electron chi connectivity index (χ4n) is 3.34. The van der Waals surface area contributed by atoms with E-state index in [2.05, 4.69) is 5.32 Å². The Morgan fingerprint density at radius 3 is 2.70 bits per heavy atom. The highest BCUT2D eigenvalue weighted by atomic mass is 32.1. The van der Waals surface area contributed by atoms with Gasteiger partial charge in [0.1, 0.15) is 11.3 Å². The van der Waals surface area contributed by atoms with Gasteiger partial charge in [-0.2, -0.15) is 0 Å². The monoisotopic (exact) mass is 329 g/mol. The maximum Gasteiger partial charge on any atom is 0.228 e. The molecular weight excluding hydrogens is 310 g/mol. The molecule has 0 saturated heterocycles. The number of benzene rings is 1. The van der Waals surface area contributed by atoms with Gasteiger partial charge in [0.25, 0.3) is 0 Å². The van der Waals surface area contributed by atoms with E-state index in [4.69, 9.17) is 0 Å². The predicted molar refractivity (Wildman–Crippen MR) is 92.0 cm³/mol. The molecule has 1 aliphatic rings. The normalized spacial score (nSPS) is 21.1. The molecule has 0 spiro atoms. The standard InChI is InChI=1S/C18H19NO3S/c1-11(21)16-14-8-4-5-9-15(14)23-18(16)19-17(22)13-7-3-2-6-12(13)10-20/h4-5,8-10,12-13H,2-3,6-7H2,1H3,(H,19,22). The van der Waals surface area contributed by atoms with Gasteiger partial charge in [0.2, 0.25) is 5.91 Å². The lowest BCUT2D eigenvalue weighted by Crippen LogP contribution is -2.32. The Bertz CT molecular complexity index is 765. The van der Waals surface area contributed by atoms with Crippen LogP contribution in [0, 0.1) is 11.8 Å². The minimum atomic E-state index is -0.286. The summed E-state index contributed by atoms with van der Waals surface area (Å²) in [5.41, 5.74) is 0.567. The van der Waals surface area contributed by atoms with E-state index in [0.29, 0.717) is 10.6 Å². The zero-order valence-electron chi connectivity index (χ0n) is 13.0. The van der Waals surface area contributed by atoms with Crippen molar-refractivity contribution in [2.75, 3.05) is 5.32 Å². The lowest BCUT2D eigenvalue weighted by molar-refractivity contribution is -0.126. The molecule has 0 aliphatic heterocycles. The second kappa shape index (κ2) is 6.62. The van der Waals surface area contributed by atoms with Gasteiger partial charge in [-0.3, -0.25) is 9.59 Å². The largest absolute Gasteiger partial charge is 0.317 e. The van der Waals surface area contributed by atoms with Gasteiger partial charge in [0.15, 0.2) is 5.78 Å². The van der Waals surface area contributed by atoms with Crippen LogP contribution in [-0.2, 0) is 9.59 Å². The number of hydrogen-bond donors (Lipinski definition) is 1. The van der Waals surface area contributed by atoms with Gasteiger partial charge in [-0.05, 0) is 25.8 Å². The number of hydrogen-bond acceptors (Lipinski definition) is 4. The van der Waals surface area contributed by atoms with Crippen molar-refractivity contribution < 1.29 is 14.4 Å². The van der Waals surface area contributed by atoms with Crippen molar-refractivity contribution in [3.8, 4) is 0 Å². The van der Waals surface area contributed by atoms with Gasteiger partial charge >= 0.3 is 0 Å². The molecule has 4 nitrogen and oxygen atoms in total. The molecule has 3 rings (SSSR count). The van der Waals surface area contributed by atoms with Gasteiger partial charge in [-0.25, -0.2) is 0 Å². The number of nitrogens with one attached hydrogen (secondary N) is 1. The van der Waals surface area contributed by atoms with E-state index in [0.717, 1.165) is 42.1 Å². The number of anilines is 1. The number of aldehydes is 1. The Kier molecular flexibility index (Phi) is 4.57. The van der Waals surface area contributed by atoms with Crippen LogP contribution in [-0.4, -0.2) is 18.0 Å². The first-order valence-corrected chi connectivity index (χ1v) is 8.72. The number of carbonyl (C=O) groups is 3. The van der Waals surface area contributed by atoms with Crippen molar-refractivity contribution in [3.05, 3.63) is 29.8 Å². The molecule has 2 atom stereocenters. The second-order valence-electron chi connectivity index (χ2n) is 6.04. The third-order valence-corrected chi connectivity index (χ3v) is 5.60. The molecule has 23 heavy (non-hydrogen) atoms. The summed E-state index contributed by atoms with van der Waals surface area (Å²) in [7, 11) is 0. The number of thiophene rings is 1.